The molecule has 0 saturated carbocycles. The van der Waals surface area contributed by atoms with Crippen molar-refractivity contribution in [1.82, 2.24) is 4.31 Å². The van der Waals surface area contributed by atoms with Gasteiger partial charge >= 0.3 is 6.09 Å². The van der Waals surface area contributed by atoms with E-state index in [-0.39, 0.29) is 0 Å². The largest absolute Gasteiger partial charge is 0.464 e. The van der Waals surface area contributed by atoms with E-state index < -0.39 is 6.09 Å². The lowest BCUT2D eigenvalue weighted by atomic mass is 10.1. The minimum Gasteiger partial charge on any atom is -0.464 e. The number of aryl methyl sites for hydroxylation is 2. The first-order chi connectivity index (χ1) is 7.02. The molecule has 0 atom stereocenters. The van der Waals surface area contributed by atoms with E-state index >= 15 is 0 Å². The molecule has 1 rings (SSSR count). The van der Waals surface area contributed by atoms with Crippen molar-refractivity contribution >= 4 is 18.0 Å². The maximum atomic E-state index is 10.8. The van der Waals surface area contributed by atoms with Gasteiger partial charge in [0.05, 0.1) is 6.54 Å². The van der Waals surface area contributed by atoms with Crippen molar-refractivity contribution in [3.8, 4) is 0 Å². The number of hydrogen-bond donors (Lipinski definition) is 1. The van der Waals surface area contributed by atoms with Crippen LogP contribution >= 0.6 is 11.9 Å². The number of amides is 1. The Morgan fingerprint density at radius 3 is 2.27 bits per heavy atom. The Bertz CT molecular complexity index is 345. The Hall–Kier alpha value is -1.16. The summed E-state index contributed by atoms with van der Waals surface area (Å²) in [5, 5.41) is 8.88. The summed E-state index contributed by atoms with van der Waals surface area (Å²) in [5.74, 6) is 0. The summed E-state index contributed by atoms with van der Waals surface area (Å²) < 4.78 is 1.31. The topological polar surface area (TPSA) is 40.5 Å². The van der Waals surface area contributed by atoms with Gasteiger partial charge in [-0.2, -0.15) is 0 Å². The number of benzene rings is 1. The highest BCUT2D eigenvalue weighted by Crippen LogP contribution is 2.15. The second-order valence-corrected chi connectivity index (χ2v) is 4.30. The van der Waals surface area contributed by atoms with Gasteiger partial charge in [-0.25, -0.2) is 9.10 Å². The summed E-state index contributed by atoms with van der Waals surface area (Å²) in [6.07, 6.45) is 0.859. The van der Waals surface area contributed by atoms with Gasteiger partial charge in [-0.05, 0) is 31.4 Å². The lowest BCUT2D eigenvalue weighted by Crippen LogP contribution is -2.21. The van der Waals surface area contributed by atoms with E-state index in [1.165, 1.54) is 16.3 Å². The first-order valence-corrected chi connectivity index (χ1v) is 5.83. The van der Waals surface area contributed by atoms with Gasteiger partial charge in [-0.15, -0.1) is 0 Å². The average molecular weight is 225 g/mol. The standard InChI is InChI=1S/C11H15NO2S/c1-8-4-9(2)6-10(5-8)7-12(15-3)11(13)14/h4-6H,7H2,1-3H3,(H,13,14). The Kier molecular flexibility index (Phi) is 4.03. The van der Waals surface area contributed by atoms with Crippen LogP contribution in [-0.2, 0) is 6.54 Å². The van der Waals surface area contributed by atoms with E-state index in [0.717, 1.165) is 16.7 Å². The van der Waals surface area contributed by atoms with E-state index in [0.29, 0.717) is 6.54 Å². The van der Waals surface area contributed by atoms with Crippen molar-refractivity contribution in [1.29, 1.82) is 0 Å². The second kappa shape index (κ2) is 5.07. The van der Waals surface area contributed by atoms with Crippen molar-refractivity contribution in [3.63, 3.8) is 0 Å². The van der Waals surface area contributed by atoms with Gasteiger partial charge in [0.2, 0.25) is 0 Å². The third-order valence-corrected chi connectivity index (χ3v) is 2.77. The number of hydrogen-bond acceptors (Lipinski definition) is 2. The monoisotopic (exact) mass is 225 g/mol. The Balaban J connectivity index is 2.83. The number of carbonyl (C=O) groups is 1. The van der Waals surface area contributed by atoms with Gasteiger partial charge < -0.3 is 5.11 Å². The van der Waals surface area contributed by atoms with Crippen LogP contribution < -0.4 is 0 Å². The SMILES string of the molecule is CSN(Cc1cc(C)cc(C)c1)C(=O)O. The highest BCUT2D eigenvalue weighted by Gasteiger charge is 2.10. The zero-order chi connectivity index (χ0) is 11.4. The fourth-order valence-electron chi connectivity index (χ4n) is 1.54. The van der Waals surface area contributed by atoms with E-state index in [2.05, 4.69) is 6.07 Å². The smallest absolute Gasteiger partial charge is 0.417 e. The molecule has 0 bridgehead atoms. The molecule has 0 radical (unpaired) electrons. The van der Waals surface area contributed by atoms with Crippen LogP contribution in [0.4, 0.5) is 4.79 Å². The van der Waals surface area contributed by atoms with Gasteiger partial charge in [0, 0.05) is 6.26 Å². The van der Waals surface area contributed by atoms with Crippen LogP contribution in [0.15, 0.2) is 18.2 Å². The molecule has 1 aromatic carbocycles. The molecule has 4 heteroatoms. The fourth-order valence-corrected chi connectivity index (χ4v) is 1.97. The van der Waals surface area contributed by atoms with Crippen LogP contribution in [0, 0.1) is 13.8 Å². The molecule has 0 heterocycles. The summed E-state index contributed by atoms with van der Waals surface area (Å²) in [7, 11) is 0. The van der Waals surface area contributed by atoms with Crippen molar-refractivity contribution in [2.24, 2.45) is 0 Å². The molecular weight excluding hydrogens is 210 g/mol. The van der Waals surface area contributed by atoms with E-state index in [1.807, 2.05) is 26.0 Å². The summed E-state index contributed by atoms with van der Waals surface area (Å²) in [5.41, 5.74) is 3.36. The normalized spacial score (nSPS) is 10.1. The third-order valence-electron chi connectivity index (χ3n) is 2.04. The maximum Gasteiger partial charge on any atom is 0.417 e. The molecule has 0 spiro atoms. The molecule has 15 heavy (non-hydrogen) atoms. The molecule has 1 aromatic rings. The van der Waals surface area contributed by atoms with Gasteiger partial charge in [-0.3, -0.25) is 0 Å². The van der Waals surface area contributed by atoms with Crippen molar-refractivity contribution in [2.75, 3.05) is 6.26 Å². The highest BCUT2D eigenvalue weighted by atomic mass is 32.2. The zero-order valence-electron chi connectivity index (χ0n) is 9.15. The lowest BCUT2D eigenvalue weighted by molar-refractivity contribution is 0.174. The summed E-state index contributed by atoms with van der Waals surface area (Å²) in [6, 6.07) is 6.10. The summed E-state index contributed by atoms with van der Waals surface area (Å²) in [6.45, 7) is 4.46. The molecule has 0 aliphatic heterocycles. The second-order valence-electron chi connectivity index (χ2n) is 3.50. The van der Waals surface area contributed by atoms with Crippen molar-refractivity contribution in [2.45, 2.75) is 20.4 Å². The predicted octanol–water partition coefficient (Wildman–Crippen LogP) is 3.06. The molecule has 0 aliphatic carbocycles. The number of carboxylic acid groups (broad SMARTS) is 1. The Morgan fingerprint density at radius 2 is 1.87 bits per heavy atom. The van der Waals surface area contributed by atoms with E-state index in [9.17, 15) is 4.79 Å². The van der Waals surface area contributed by atoms with Crippen LogP contribution in [-0.4, -0.2) is 21.8 Å². The third kappa shape index (κ3) is 3.47. The van der Waals surface area contributed by atoms with Gasteiger partial charge in [-0.1, -0.05) is 29.3 Å². The lowest BCUT2D eigenvalue weighted by Gasteiger charge is -2.16. The molecule has 0 aliphatic rings. The maximum absolute atomic E-state index is 10.8. The summed E-state index contributed by atoms with van der Waals surface area (Å²) >= 11 is 1.22. The Labute approximate surface area is 94.2 Å². The van der Waals surface area contributed by atoms with Crippen LogP contribution in [0.25, 0.3) is 0 Å². The Morgan fingerprint density at radius 1 is 1.33 bits per heavy atom. The zero-order valence-corrected chi connectivity index (χ0v) is 9.97. The van der Waals surface area contributed by atoms with E-state index in [1.54, 1.807) is 6.26 Å². The molecule has 0 aromatic heterocycles. The minimum absolute atomic E-state index is 0.430. The predicted molar refractivity (Wildman–Crippen MR) is 63.0 cm³/mol. The first kappa shape index (κ1) is 11.9. The van der Waals surface area contributed by atoms with Crippen LogP contribution in [0.2, 0.25) is 0 Å². The summed E-state index contributed by atoms with van der Waals surface area (Å²) in [4.78, 5) is 10.8. The van der Waals surface area contributed by atoms with Gasteiger partial charge in [0.25, 0.3) is 0 Å². The van der Waals surface area contributed by atoms with E-state index in [4.69, 9.17) is 5.11 Å². The fraction of sp³-hybridized carbons (Fsp3) is 0.364. The molecule has 1 amide bonds. The quantitative estimate of drug-likeness (QED) is 0.804. The van der Waals surface area contributed by atoms with Crippen LogP contribution in [0.5, 0.6) is 0 Å². The van der Waals surface area contributed by atoms with Crippen LogP contribution in [0.3, 0.4) is 0 Å². The van der Waals surface area contributed by atoms with Crippen molar-refractivity contribution in [3.05, 3.63) is 34.9 Å². The molecule has 0 unspecified atom stereocenters. The van der Waals surface area contributed by atoms with Gasteiger partial charge in [0.1, 0.15) is 0 Å². The number of nitrogens with zero attached hydrogens (tertiary/aromatic N) is 1. The molecule has 82 valence electrons. The molecule has 3 nitrogen and oxygen atoms in total. The number of rotatable bonds is 3. The molecule has 0 fully saturated rings. The average Bonchev–Trinajstić information content (AvgIpc) is 2.12. The minimum atomic E-state index is -0.901. The van der Waals surface area contributed by atoms with Crippen LogP contribution in [0.1, 0.15) is 16.7 Å². The molecule has 1 N–H and O–H groups in total. The first-order valence-electron chi connectivity index (χ1n) is 4.64. The molecule has 0 saturated heterocycles. The van der Waals surface area contributed by atoms with Gasteiger partial charge in [0.15, 0.2) is 0 Å². The van der Waals surface area contributed by atoms with Crippen molar-refractivity contribution < 1.29 is 9.90 Å². The molecular formula is C11H15NO2S. The highest BCUT2D eigenvalue weighted by molar-refractivity contribution is 7.96.